The van der Waals surface area contributed by atoms with Crippen LogP contribution >= 0.6 is 0 Å². The van der Waals surface area contributed by atoms with Crippen molar-refractivity contribution in [1.82, 2.24) is 0 Å². The van der Waals surface area contributed by atoms with Crippen LogP contribution in [-0.4, -0.2) is 32.3 Å². The highest BCUT2D eigenvalue weighted by Gasteiger charge is 2.17. The fraction of sp³-hybridized carbons (Fsp3) is 0.333. The van der Waals surface area contributed by atoms with Crippen LogP contribution in [0.15, 0.2) is 33.5 Å². The molecule has 0 spiro atoms. The molecule has 2 aromatic rings. The second kappa shape index (κ2) is 5.57. The molecule has 0 amide bonds. The van der Waals surface area contributed by atoms with Crippen LogP contribution in [0.25, 0.3) is 11.0 Å². The molecule has 110 valence electrons. The first kappa shape index (κ1) is 13.6. The maximum atomic E-state index is 12.2. The lowest BCUT2D eigenvalue weighted by Crippen LogP contribution is -2.36. The van der Waals surface area contributed by atoms with E-state index in [1.165, 1.54) is 13.0 Å². The zero-order valence-corrected chi connectivity index (χ0v) is 11.6. The molecule has 1 aliphatic rings. The highest BCUT2D eigenvalue weighted by atomic mass is 16.5. The number of ether oxygens (including phenoxy) is 2. The van der Waals surface area contributed by atoms with Crippen molar-refractivity contribution in [3.8, 4) is 5.75 Å². The van der Waals surface area contributed by atoms with E-state index in [0.717, 1.165) is 0 Å². The topological polar surface area (TPSA) is 69.0 Å². The number of para-hydroxylation sites is 1. The molecule has 0 saturated carbocycles. The lowest BCUT2D eigenvalue weighted by molar-refractivity contribution is -0.131. The van der Waals surface area contributed by atoms with Gasteiger partial charge in [-0.3, -0.25) is 9.59 Å². The summed E-state index contributed by atoms with van der Waals surface area (Å²) in [5.74, 6) is 0.268. The first-order valence-electron chi connectivity index (χ1n) is 6.73. The average Bonchev–Trinajstić information content (AvgIpc) is 2.48. The van der Waals surface area contributed by atoms with Crippen LogP contribution < -0.4 is 15.1 Å². The van der Waals surface area contributed by atoms with E-state index in [4.69, 9.17) is 13.9 Å². The summed E-state index contributed by atoms with van der Waals surface area (Å²) in [6.45, 7) is 3.80. The van der Waals surface area contributed by atoms with E-state index in [9.17, 15) is 9.59 Å². The Morgan fingerprint density at radius 2 is 2.05 bits per heavy atom. The molecule has 3 rings (SSSR count). The van der Waals surface area contributed by atoms with Crippen molar-refractivity contribution >= 4 is 22.8 Å². The zero-order valence-electron chi connectivity index (χ0n) is 11.6. The van der Waals surface area contributed by atoms with E-state index in [1.807, 2.05) is 4.90 Å². The first-order chi connectivity index (χ1) is 10.1. The Kier molecular flexibility index (Phi) is 3.62. The number of benzene rings is 1. The smallest absolute Gasteiger partial charge is 0.308 e. The van der Waals surface area contributed by atoms with E-state index in [-0.39, 0.29) is 11.2 Å². The molecule has 0 bridgehead atoms. The van der Waals surface area contributed by atoms with Crippen molar-refractivity contribution in [3.63, 3.8) is 0 Å². The van der Waals surface area contributed by atoms with Crippen LogP contribution in [0.1, 0.15) is 6.92 Å². The van der Waals surface area contributed by atoms with E-state index in [1.54, 1.807) is 18.2 Å². The van der Waals surface area contributed by atoms with Crippen molar-refractivity contribution in [1.29, 1.82) is 0 Å². The minimum Gasteiger partial charge on any atom is -0.436 e. The maximum absolute atomic E-state index is 12.2. The van der Waals surface area contributed by atoms with Crippen molar-refractivity contribution in [2.24, 2.45) is 0 Å². The summed E-state index contributed by atoms with van der Waals surface area (Å²) < 4.78 is 16.2. The highest BCUT2D eigenvalue weighted by molar-refractivity contribution is 5.85. The Labute approximate surface area is 120 Å². The van der Waals surface area contributed by atoms with Gasteiger partial charge in [0.05, 0.1) is 18.6 Å². The van der Waals surface area contributed by atoms with Crippen LogP contribution in [0.2, 0.25) is 0 Å². The third-order valence-electron chi connectivity index (χ3n) is 3.28. The Bertz CT molecular complexity index is 730. The number of nitrogens with zero attached hydrogens (tertiary/aromatic N) is 1. The van der Waals surface area contributed by atoms with Crippen LogP contribution in [0.5, 0.6) is 5.75 Å². The van der Waals surface area contributed by atoms with E-state index in [2.05, 4.69) is 0 Å². The van der Waals surface area contributed by atoms with Crippen molar-refractivity contribution in [2.75, 3.05) is 31.2 Å². The van der Waals surface area contributed by atoms with Crippen molar-refractivity contribution in [3.05, 3.63) is 34.5 Å². The van der Waals surface area contributed by atoms with E-state index in [0.29, 0.717) is 43.2 Å². The van der Waals surface area contributed by atoms with Crippen LogP contribution in [0.3, 0.4) is 0 Å². The Morgan fingerprint density at radius 3 is 2.76 bits per heavy atom. The third-order valence-corrected chi connectivity index (χ3v) is 3.28. The predicted molar refractivity (Wildman–Crippen MR) is 76.8 cm³/mol. The van der Waals surface area contributed by atoms with Gasteiger partial charge in [-0.05, 0) is 12.1 Å². The zero-order chi connectivity index (χ0) is 14.8. The summed E-state index contributed by atoms with van der Waals surface area (Å²) >= 11 is 0. The minimum absolute atomic E-state index is 0.160. The molecule has 1 fully saturated rings. The molecule has 2 heterocycles. The molecule has 1 aliphatic heterocycles. The summed E-state index contributed by atoms with van der Waals surface area (Å²) in [6.07, 6.45) is 0. The molecule has 1 aromatic carbocycles. The molecule has 0 atom stereocenters. The average molecular weight is 289 g/mol. The van der Waals surface area contributed by atoms with E-state index >= 15 is 0 Å². The fourth-order valence-corrected chi connectivity index (χ4v) is 2.31. The SMILES string of the molecule is CC(=O)Oc1cccc2c(=O)cc(N3CCOCC3)oc12. The summed E-state index contributed by atoms with van der Waals surface area (Å²) in [6, 6.07) is 6.38. The van der Waals surface area contributed by atoms with Gasteiger partial charge in [0.25, 0.3) is 0 Å². The number of hydrogen-bond donors (Lipinski definition) is 0. The Morgan fingerprint density at radius 1 is 1.29 bits per heavy atom. The predicted octanol–water partition coefficient (Wildman–Crippen LogP) is 1.55. The number of esters is 1. The Hall–Kier alpha value is -2.34. The molecule has 0 unspecified atom stereocenters. The second-order valence-electron chi connectivity index (χ2n) is 4.77. The molecule has 0 N–H and O–H groups in total. The quantitative estimate of drug-likeness (QED) is 0.617. The highest BCUT2D eigenvalue weighted by Crippen LogP contribution is 2.27. The number of anilines is 1. The molecule has 0 aliphatic carbocycles. The number of rotatable bonds is 2. The molecule has 21 heavy (non-hydrogen) atoms. The standard InChI is InChI=1S/C15H15NO5/c1-10(17)20-13-4-2-3-11-12(18)9-14(21-15(11)13)16-5-7-19-8-6-16/h2-4,9H,5-8H2,1H3. The summed E-state index contributed by atoms with van der Waals surface area (Å²) in [7, 11) is 0. The van der Waals surface area contributed by atoms with Crippen molar-refractivity contribution in [2.45, 2.75) is 6.92 Å². The fourth-order valence-electron chi connectivity index (χ4n) is 2.31. The van der Waals surface area contributed by atoms with Gasteiger partial charge < -0.3 is 18.8 Å². The van der Waals surface area contributed by atoms with Crippen molar-refractivity contribution < 1.29 is 18.7 Å². The number of fused-ring (bicyclic) bond motifs is 1. The summed E-state index contributed by atoms with van der Waals surface area (Å²) in [5, 5.41) is 0.394. The minimum atomic E-state index is -0.457. The third kappa shape index (κ3) is 2.75. The largest absolute Gasteiger partial charge is 0.436 e. The number of hydrogen-bond acceptors (Lipinski definition) is 6. The van der Waals surface area contributed by atoms with Gasteiger partial charge in [0.1, 0.15) is 0 Å². The second-order valence-corrected chi connectivity index (χ2v) is 4.77. The van der Waals surface area contributed by atoms with Crippen LogP contribution in [0.4, 0.5) is 5.88 Å². The first-order valence-corrected chi connectivity index (χ1v) is 6.73. The van der Waals surface area contributed by atoms with Gasteiger partial charge in [-0.2, -0.15) is 0 Å². The Balaban J connectivity index is 2.11. The number of carbonyl (C=O) groups excluding carboxylic acids is 1. The molecule has 6 heteroatoms. The molecule has 1 saturated heterocycles. The maximum Gasteiger partial charge on any atom is 0.308 e. The van der Waals surface area contributed by atoms with Gasteiger partial charge >= 0.3 is 5.97 Å². The van der Waals surface area contributed by atoms with Gasteiger partial charge in [0.15, 0.2) is 22.6 Å². The molecular formula is C15H15NO5. The summed E-state index contributed by atoms with van der Waals surface area (Å²) in [5.41, 5.74) is 0.133. The number of carbonyl (C=O) groups is 1. The number of morpholine rings is 1. The van der Waals surface area contributed by atoms with Gasteiger partial charge in [0, 0.05) is 26.1 Å². The van der Waals surface area contributed by atoms with Gasteiger partial charge in [0.2, 0.25) is 0 Å². The molecular weight excluding hydrogens is 274 g/mol. The summed E-state index contributed by atoms with van der Waals surface area (Å²) in [4.78, 5) is 25.3. The molecule has 6 nitrogen and oxygen atoms in total. The molecule has 1 aromatic heterocycles. The molecule has 0 radical (unpaired) electrons. The lowest BCUT2D eigenvalue weighted by atomic mass is 10.2. The van der Waals surface area contributed by atoms with Crippen LogP contribution in [-0.2, 0) is 9.53 Å². The lowest BCUT2D eigenvalue weighted by Gasteiger charge is -2.27. The van der Waals surface area contributed by atoms with E-state index < -0.39 is 5.97 Å². The normalized spacial score (nSPS) is 15.2. The van der Waals surface area contributed by atoms with Gasteiger partial charge in [-0.1, -0.05) is 6.07 Å². The van der Waals surface area contributed by atoms with Crippen LogP contribution in [0, 0.1) is 0 Å². The monoisotopic (exact) mass is 289 g/mol. The van der Waals surface area contributed by atoms with Gasteiger partial charge in [-0.15, -0.1) is 0 Å². The van der Waals surface area contributed by atoms with Gasteiger partial charge in [-0.25, -0.2) is 0 Å².